The second-order valence-corrected chi connectivity index (χ2v) is 3.70. The van der Waals surface area contributed by atoms with Gasteiger partial charge in [-0.2, -0.15) is 0 Å². The van der Waals surface area contributed by atoms with Gasteiger partial charge in [-0.1, -0.05) is 6.92 Å². The van der Waals surface area contributed by atoms with Crippen LogP contribution in [0.1, 0.15) is 19.8 Å². The molecule has 2 atom stereocenters. The molecular formula is C9H17NO2. The third-order valence-electron chi connectivity index (χ3n) is 2.39. The maximum absolute atomic E-state index is 10.5. The van der Waals surface area contributed by atoms with Gasteiger partial charge in [-0.15, -0.1) is 0 Å². The van der Waals surface area contributed by atoms with Crippen LogP contribution < -0.4 is 0 Å². The van der Waals surface area contributed by atoms with Crippen molar-refractivity contribution in [3.05, 3.63) is 0 Å². The van der Waals surface area contributed by atoms with Crippen LogP contribution in [0.15, 0.2) is 0 Å². The lowest BCUT2D eigenvalue weighted by atomic mass is 10.3. The average Bonchev–Trinajstić information content (AvgIpc) is 2.67. The zero-order chi connectivity index (χ0) is 9.14. The molecule has 1 rings (SSSR count). The first-order valence-corrected chi connectivity index (χ1v) is 4.56. The van der Waals surface area contributed by atoms with Gasteiger partial charge in [0.05, 0.1) is 5.92 Å². The van der Waals surface area contributed by atoms with E-state index in [1.165, 1.54) is 0 Å². The minimum atomic E-state index is -0.620. The smallest absolute Gasteiger partial charge is 0.306 e. The first-order chi connectivity index (χ1) is 5.65. The van der Waals surface area contributed by atoms with Crippen molar-refractivity contribution in [3.8, 4) is 0 Å². The third kappa shape index (κ3) is 2.48. The summed E-state index contributed by atoms with van der Waals surface area (Å²) < 4.78 is 0. The Kier molecular flexibility index (Phi) is 3.09. The minimum absolute atomic E-state index is 0.0516. The highest BCUT2D eigenvalue weighted by molar-refractivity contribution is 5.73. The molecular weight excluding hydrogens is 154 g/mol. The van der Waals surface area contributed by atoms with E-state index in [1.807, 2.05) is 0 Å². The fourth-order valence-electron chi connectivity index (χ4n) is 1.63. The molecule has 0 aromatic rings. The van der Waals surface area contributed by atoms with Crippen molar-refractivity contribution in [3.63, 3.8) is 0 Å². The molecule has 0 heterocycles. The van der Waals surface area contributed by atoms with Gasteiger partial charge >= 0.3 is 5.97 Å². The Hall–Kier alpha value is -0.570. The monoisotopic (exact) mass is 171 g/mol. The predicted molar refractivity (Wildman–Crippen MR) is 47.0 cm³/mol. The Morgan fingerprint density at radius 2 is 2.33 bits per heavy atom. The highest BCUT2D eigenvalue weighted by Gasteiger charge is 2.43. The third-order valence-corrected chi connectivity index (χ3v) is 2.39. The van der Waals surface area contributed by atoms with Crippen LogP contribution in [-0.4, -0.2) is 36.1 Å². The average molecular weight is 171 g/mol. The summed E-state index contributed by atoms with van der Waals surface area (Å²) >= 11 is 0. The minimum Gasteiger partial charge on any atom is -0.481 e. The maximum Gasteiger partial charge on any atom is 0.306 e. The van der Waals surface area contributed by atoms with E-state index < -0.39 is 5.97 Å². The summed E-state index contributed by atoms with van der Waals surface area (Å²) in [5.74, 6) is -0.256. The first-order valence-electron chi connectivity index (χ1n) is 4.56. The largest absolute Gasteiger partial charge is 0.481 e. The molecule has 1 N–H and O–H groups in total. The molecule has 3 nitrogen and oxygen atoms in total. The predicted octanol–water partition coefficient (Wildman–Crippen LogP) is 1.05. The molecule has 0 radical (unpaired) electrons. The molecule has 70 valence electrons. The molecule has 0 aliphatic heterocycles. The van der Waals surface area contributed by atoms with Crippen molar-refractivity contribution in [1.82, 2.24) is 4.90 Å². The molecule has 1 aliphatic rings. The number of aliphatic carboxylic acids is 1. The van der Waals surface area contributed by atoms with Gasteiger partial charge < -0.3 is 10.0 Å². The van der Waals surface area contributed by atoms with Crippen LogP contribution in [0.4, 0.5) is 0 Å². The summed E-state index contributed by atoms with van der Waals surface area (Å²) in [6.45, 7) is 4.16. The molecule has 0 aromatic heterocycles. The Balaban J connectivity index is 2.14. The summed E-state index contributed by atoms with van der Waals surface area (Å²) in [7, 11) is 2.06. The number of nitrogens with zero attached hydrogens (tertiary/aromatic N) is 1. The number of carboxylic acid groups (broad SMARTS) is 1. The summed E-state index contributed by atoms with van der Waals surface area (Å²) in [5.41, 5.74) is 0. The number of rotatable bonds is 5. The van der Waals surface area contributed by atoms with E-state index >= 15 is 0 Å². The normalized spacial score (nSPS) is 27.6. The Bertz CT molecular complexity index is 170. The van der Waals surface area contributed by atoms with Gasteiger partial charge in [-0.3, -0.25) is 4.79 Å². The number of hydrogen-bond acceptors (Lipinski definition) is 2. The van der Waals surface area contributed by atoms with Crippen LogP contribution in [0.3, 0.4) is 0 Å². The second-order valence-electron chi connectivity index (χ2n) is 3.70. The van der Waals surface area contributed by atoms with Crippen LogP contribution >= 0.6 is 0 Å². The highest BCUT2D eigenvalue weighted by atomic mass is 16.4. The van der Waals surface area contributed by atoms with E-state index in [0.29, 0.717) is 5.92 Å². The molecule has 0 amide bonds. The van der Waals surface area contributed by atoms with Crippen LogP contribution in [0.5, 0.6) is 0 Å². The standard InChI is InChI=1S/C9H17NO2/c1-3-4-10(2)6-7-5-8(7)9(11)12/h7-8H,3-6H2,1-2H3,(H,11,12). The Morgan fingerprint density at radius 1 is 1.67 bits per heavy atom. The van der Waals surface area contributed by atoms with E-state index in [9.17, 15) is 4.79 Å². The molecule has 0 aromatic carbocycles. The van der Waals surface area contributed by atoms with Crippen molar-refractivity contribution in [2.75, 3.05) is 20.1 Å². The van der Waals surface area contributed by atoms with E-state index in [2.05, 4.69) is 18.9 Å². The van der Waals surface area contributed by atoms with Gasteiger partial charge in [-0.25, -0.2) is 0 Å². The van der Waals surface area contributed by atoms with Gasteiger partial charge in [0.15, 0.2) is 0 Å². The quantitative estimate of drug-likeness (QED) is 0.672. The molecule has 2 unspecified atom stereocenters. The second kappa shape index (κ2) is 3.90. The van der Waals surface area contributed by atoms with Gasteiger partial charge in [-0.05, 0) is 32.4 Å². The SMILES string of the molecule is CCCN(C)CC1CC1C(=O)O. The molecule has 1 saturated carbocycles. The van der Waals surface area contributed by atoms with Crippen molar-refractivity contribution < 1.29 is 9.90 Å². The van der Waals surface area contributed by atoms with Crippen molar-refractivity contribution in [1.29, 1.82) is 0 Å². The Morgan fingerprint density at radius 3 is 2.75 bits per heavy atom. The molecule has 12 heavy (non-hydrogen) atoms. The van der Waals surface area contributed by atoms with E-state index in [4.69, 9.17) is 5.11 Å². The summed E-state index contributed by atoms with van der Waals surface area (Å²) in [5, 5.41) is 8.65. The van der Waals surface area contributed by atoms with Crippen LogP contribution in [0.2, 0.25) is 0 Å². The fraction of sp³-hybridized carbons (Fsp3) is 0.889. The van der Waals surface area contributed by atoms with Gasteiger partial charge in [0.25, 0.3) is 0 Å². The first kappa shape index (κ1) is 9.52. The van der Waals surface area contributed by atoms with Crippen LogP contribution in [0.25, 0.3) is 0 Å². The lowest BCUT2D eigenvalue weighted by molar-refractivity contribution is -0.138. The zero-order valence-electron chi connectivity index (χ0n) is 7.79. The van der Waals surface area contributed by atoms with Crippen LogP contribution in [0, 0.1) is 11.8 Å². The fourth-order valence-corrected chi connectivity index (χ4v) is 1.63. The van der Waals surface area contributed by atoms with Gasteiger partial charge in [0.1, 0.15) is 0 Å². The lowest BCUT2D eigenvalue weighted by Crippen LogP contribution is -2.22. The molecule has 1 aliphatic carbocycles. The molecule has 0 spiro atoms. The number of carbonyl (C=O) groups is 1. The van der Waals surface area contributed by atoms with Crippen LogP contribution in [-0.2, 0) is 4.79 Å². The molecule has 3 heteroatoms. The summed E-state index contributed by atoms with van der Waals surface area (Å²) in [6, 6.07) is 0. The number of hydrogen-bond donors (Lipinski definition) is 1. The van der Waals surface area contributed by atoms with Crippen molar-refractivity contribution >= 4 is 5.97 Å². The topological polar surface area (TPSA) is 40.5 Å². The summed E-state index contributed by atoms with van der Waals surface area (Å²) in [6.07, 6.45) is 2.02. The van der Waals surface area contributed by atoms with E-state index in [0.717, 1.165) is 25.9 Å². The van der Waals surface area contributed by atoms with E-state index in [1.54, 1.807) is 0 Å². The van der Waals surface area contributed by atoms with Gasteiger partial charge in [0.2, 0.25) is 0 Å². The molecule has 1 fully saturated rings. The Labute approximate surface area is 73.4 Å². The molecule has 0 bridgehead atoms. The lowest BCUT2D eigenvalue weighted by Gasteiger charge is -2.14. The zero-order valence-corrected chi connectivity index (χ0v) is 7.79. The summed E-state index contributed by atoms with van der Waals surface area (Å²) in [4.78, 5) is 12.7. The maximum atomic E-state index is 10.5. The number of carboxylic acids is 1. The van der Waals surface area contributed by atoms with Gasteiger partial charge in [0, 0.05) is 6.54 Å². The molecule has 0 saturated heterocycles. The van der Waals surface area contributed by atoms with Crippen molar-refractivity contribution in [2.45, 2.75) is 19.8 Å². The van der Waals surface area contributed by atoms with E-state index in [-0.39, 0.29) is 5.92 Å². The highest BCUT2D eigenvalue weighted by Crippen LogP contribution is 2.38. The van der Waals surface area contributed by atoms with Crippen molar-refractivity contribution in [2.24, 2.45) is 11.8 Å².